The zero-order valence-corrected chi connectivity index (χ0v) is 15.7. The molecule has 1 aromatic heterocycles. The van der Waals surface area contributed by atoms with E-state index in [9.17, 15) is 8.78 Å². The summed E-state index contributed by atoms with van der Waals surface area (Å²) in [6.07, 6.45) is 2.87. The van der Waals surface area contributed by atoms with E-state index in [0.29, 0.717) is 18.8 Å². The SMILES string of the molecule is C=C(OC)c1cc2c(nc1N1CCC(F)(F)C(C)C1)CC(C)(C)CC2. The van der Waals surface area contributed by atoms with Gasteiger partial charge in [0.05, 0.1) is 12.7 Å². The first-order chi connectivity index (χ1) is 11.6. The highest BCUT2D eigenvalue weighted by atomic mass is 19.3. The molecule has 25 heavy (non-hydrogen) atoms. The van der Waals surface area contributed by atoms with Gasteiger partial charge in [-0.15, -0.1) is 0 Å². The van der Waals surface area contributed by atoms with E-state index in [1.54, 1.807) is 14.0 Å². The molecule has 0 amide bonds. The molecule has 0 saturated carbocycles. The molecule has 138 valence electrons. The lowest BCUT2D eigenvalue weighted by Gasteiger charge is -2.39. The van der Waals surface area contributed by atoms with Crippen LogP contribution in [0.1, 0.15) is 50.4 Å². The van der Waals surface area contributed by atoms with E-state index >= 15 is 0 Å². The number of piperidine rings is 1. The van der Waals surface area contributed by atoms with Crippen molar-refractivity contribution in [2.45, 2.75) is 52.4 Å². The van der Waals surface area contributed by atoms with Crippen molar-refractivity contribution in [2.75, 3.05) is 25.1 Å². The number of fused-ring (bicyclic) bond motifs is 1. The summed E-state index contributed by atoms with van der Waals surface area (Å²) in [7, 11) is 1.58. The molecule has 1 aromatic rings. The van der Waals surface area contributed by atoms with E-state index in [0.717, 1.165) is 36.3 Å². The van der Waals surface area contributed by atoms with Gasteiger partial charge in [-0.1, -0.05) is 27.4 Å². The molecule has 0 radical (unpaired) electrons. The summed E-state index contributed by atoms with van der Waals surface area (Å²) in [5, 5.41) is 0. The monoisotopic (exact) mass is 350 g/mol. The Bertz CT molecular complexity index is 685. The predicted octanol–water partition coefficient (Wildman–Crippen LogP) is 4.70. The second kappa shape index (κ2) is 6.26. The summed E-state index contributed by atoms with van der Waals surface area (Å²) in [6, 6.07) is 2.11. The van der Waals surface area contributed by atoms with Crippen molar-refractivity contribution in [3.8, 4) is 0 Å². The van der Waals surface area contributed by atoms with Gasteiger partial charge in [-0.2, -0.15) is 0 Å². The van der Waals surface area contributed by atoms with Crippen LogP contribution in [0.2, 0.25) is 0 Å². The molecule has 0 spiro atoms. The Labute approximate surface area is 149 Å². The molecule has 5 heteroatoms. The molecule has 0 bridgehead atoms. The topological polar surface area (TPSA) is 25.4 Å². The van der Waals surface area contributed by atoms with E-state index in [-0.39, 0.29) is 11.8 Å². The van der Waals surface area contributed by atoms with E-state index in [1.165, 1.54) is 5.56 Å². The lowest BCUT2D eigenvalue weighted by atomic mass is 9.76. The van der Waals surface area contributed by atoms with Crippen molar-refractivity contribution in [1.29, 1.82) is 0 Å². The molecule has 1 aliphatic carbocycles. The zero-order chi connectivity index (χ0) is 18.4. The molecular formula is C20H28F2N2O. The van der Waals surface area contributed by atoms with Crippen LogP contribution in [0.4, 0.5) is 14.6 Å². The largest absolute Gasteiger partial charge is 0.497 e. The number of ether oxygens (including phenoxy) is 1. The first kappa shape index (κ1) is 18.2. The molecule has 1 unspecified atom stereocenters. The fourth-order valence-corrected chi connectivity index (χ4v) is 3.80. The van der Waals surface area contributed by atoms with Crippen LogP contribution in [0.5, 0.6) is 0 Å². The van der Waals surface area contributed by atoms with Gasteiger partial charge in [-0.25, -0.2) is 13.8 Å². The first-order valence-corrected chi connectivity index (χ1v) is 9.02. The van der Waals surface area contributed by atoms with Crippen molar-refractivity contribution in [1.82, 2.24) is 4.98 Å². The maximum Gasteiger partial charge on any atom is 0.254 e. The Balaban J connectivity index is 2.01. The summed E-state index contributed by atoms with van der Waals surface area (Å²) < 4.78 is 33.2. The average Bonchev–Trinajstić information content (AvgIpc) is 2.54. The zero-order valence-electron chi connectivity index (χ0n) is 15.7. The minimum absolute atomic E-state index is 0.142. The molecule has 0 aromatic carbocycles. The van der Waals surface area contributed by atoms with Crippen LogP contribution in [0, 0.1) is 11.3 Å². The van der Waals surface area contributed by atoms with Gasteiger partial charge in [0.2, 0.25) is 0 Å². The van der Waals surface area contributed by atoms with Gasteiger partial charge in [-0.3, -0.25) is 0 Å². The molecule has 3 nitrogen and oxygen atoms in total. The van der Waals surface area contributed by atoms with Crippen molar-refractivity contribution >= 4 is 11.6 Å². The highest BCUT2D eigenvalue weighted by Gasteiger charge is 2.42. The molecule has 1 saturated heterocycles. The van der Waals surface area contributed by atoms with Gasteiger partial charge in [-0.05, 0) is 36.3 Å². The van der Waals surface area contributed by atoms with Crippen molar-refractivity contribution in [2.24, 2.45) is 11.3 Å². The fraction of sp³-hybridized carbons (Fsp3) is 0.650. The number of anilines is 1. The van der Waals surface area contributed by atoms with Crippen LogP contribution >= 0.6 is 0 Å². The summed E-state index contributed by atoms with van der Waals surface area (Å²) in [5.74, 6) is -2.02. The normalized spacial score (nSPS) is 24.6. The van der Waals surface area contributed by atoms with Crippen LogP contribution in [0.15, 0.2) is 12.6 Å². The van der Waals surface area contributed by atoms with Crippen molar-refractivity contribution in [3.05, 3.63) is 29.5 Å². The number of hydrogen-bond donors (Lipinski definition) is 0. The minimum Gasteiger partial charge on any atom is -0.497 e. The Morgan fingerprint density at radius 3 is 2.72 bits per heavy atom. The second-order valence-electron chi connectivity index (χ2n) is 8.29. The molecule has 2 aliphatic rings. The maximum absolute atomic E-state index is 13.9. The van der Waals surface area contributed by atoms with Crippen molar-refractivity contribution in [3.63, 3.8) is 0 Å². The molecule has 1 aliphatic heterocycles. The molecule has 3 rings (SSSR count). The molecular weight excluding hydrogens is 322 g/mol. The second-order valence-corrected chi connectivity index (χ2v) is 8.29. The summed E-state index contributed by atoms with van der Waals surface area (Å²) in [5.41, 5.74) is 3.37. The predicted molar refractivity (Wildman–Crippen MR) is 97.0 cm³/mol. The third kappa shape index (κ3) is 3.51. The van der Waals surface area contributed by atoms with Gasteiger partial charge < -0.3 is 9.64 Å². The maximum atomic E-state index is 13.9. The Kier molecular flexibility index (Phi) is 4.54. The minimum atomic E-state index is -2.61. The highest BCUT2D eigenvalue weighted by Crippen LogP contribution is 2.40. The molecule has 1 atom stereocenters. The Morgan fingerprint density at radius 1 is 1.36 bits per heavy atom. The van der Waals surface area contributed by atoms with Gasteiger partial charge in [0, 0.05) is 31.1 Å². The van der Waals surface area contributed by atoms with Gasteiger partial charge in [0.1, 0.15) is 11.6 Å². The van der Waals surface area contributed by atoms with E-state index in [4.69, 9.17) is 9.72 Å². The Hall–Kier alpha value is -1.65. The number of aromatic nitrogens is 1. The van der Waals surface area contributed by atoms with Crippen LogP contribution in [0.25, 0.3) is 5.76 Å². The summed E-state index contributed by atoms with van der Waals surface area (Å²) >= 11 is 0. The Morgan fingerprint density at radius 2 is 2.08 bits per heavy atom. The standard InChI is InChI=1S/C20H28F2N2O/c1-13-12-24(9-8-20(13,21)22)18-16(14(2)25-5)10-15-6-7-19(3,4)11-17(15)23-18/h10,13H,2,6-9,11-12H2,1,3-5H3. The van der Waals surface area contributed by atoms with E-state index in [1.807, 2.05) is 4.90 Å². The summed E-state index contributed by atoms with van der Waals surface area (Å²) in [6.45, 7) is 10.7. The number of hydrogen-bond acceptors (Lipinski definition) is 3. The van der Waals surface area contributed by atoms with E-state index in [2.05, 4.69) is 26.5 Å². The number of methoxy groups -OCH3 is 1. The van der Waals surface area contributed by atoms with Crippen LogP contribution in [0.3, 0.4) is 0 Å². The van der Waals surface area contributed by atoms with Gasteiger partial charge >= 0.3 is 0 Å². The number of halogens is 2. The average molecular weight is 350 g/mol. The van der Waals surface area contributed by atoms with Crippen LogP contribution in [-0.2, 0) is 17.6 Å². The smallest absolute Gasteiger partial charge is 0.254 e. The summed E-state index contributed by atoms with van der Waals surface area (Å²) in [4.78, 5) is 6.90. The number of nitrogens with zero attached hydrogens (tertiary/aromatic N) is 2. The number of pyridine rings is 1. The lowest BCUT2D eigenvalue weighted by Crippen LogP contribution is -2.46. The molecule has 1 fully saturated rings. The van der Waals surface area contributed by atoms with Gasteiger partial charge in [0.15, 0.2) is 0 Å². The van der Waals surface area contributed by atoms with Crippen LogP contribution < -0.4 is 4.90 Å². The first-order valence-electron chi connectivity index (χ1n) is 9.02. The van der Waals surface area contributed by atoms with Crippen LogP contribution in [-0.4, -0.2) is 31.1 Å². The number of aryl methyl sites for hydroxylation is 1. The van der Waals surface area contributed by atoms with E-state index < -0.39 is 11.8 Å². The fourth-order valence-electron chi connectivity index (χ4n) is 3.80. The molecule has 2 heterocycles. The highest BCUT2D eigenvalue weighted by molar-refractivity contribution is 5.71. The third-order valence-electron chi connectivity index (χ3n) is 5.66. The quantitative estimate of drug-likeness (QED) is 0.739. The van der Waals surface area contributed by atoms with Crippen molar-refractivity contribution < 1.29 is 13.5 Å². The van der Waals surface area contributed by atoms with Gasteiger partial charge in [0.25, 0.3) is 5.92 Å². The third-order valence-corrected chi connectivity index (χ3v) is 5.66. The lowest BCUT2D eigenvalue weighted by molar-refractivity contribution is -0.0652. The number of alkyl halides is 2. The number of rotatable bonds is 3. The molecule has 0 N–H and O–H groups in total.